The van der Waals surface area contributed by atoms with Crippen molar-refractivity contribution in [3.8, 4) is 0 Å². The lowest BCUT2D eigenvalue weighted by atomic mass is 10.2. The zero-order chi connectivity index (χ0) is 11.1. The van der Waals surface area contributed by atoms with E-state index in [0.29, 0.717) is 0 Å². The van der Waals surface area contributed by atoms with Crippen LogP contribution >= 0.6 is 15.9 Å². The van der Waals surface area contributed by atoms with Gasteiger partial charge in [0.15, 0.2) is 0 Å². The summed E-state index contributed by atoms with van der Waals surface area (Å²) in [5.41, 5.74) is 2.38. The fourth-order valence-corrected chi connectivity index (χ4v) is 1.69. The topological polar surface area (TPSA) is 21.3 Å². The Labute approximate surface area is 100 Å². The van der Waals surface area contributed by atoms with Crippen molar-refractivity contribution in [1.82, 2.24) is 0 Å². The predicted octanol–water partition coefficient (Wildman–Crippen LogP) is 3.60. The number of ether oxygens (including phenoxy) is 1. The summed E-state index contributed by atoms with van der Waals surface area (Å²) in [6.45, 7) is 6.65. The molecule has 0 saturated heterocycles. The average Bonchev–Trinajstić information content (AvgIpc) is 2.24. The van der Waals surface area contributed by atoms with Crippen LogP contribution in [0.1, 0.15) is 18.9 Å². The van der Waals surface area contributed by atoms with Crippen LogP contribution in [0.4, 0.5) is 5.69 Å². The molecular weight excluding hydrogens is 254 g/mol. The van der Waals surface area contributed by atoms with Gasteiger partial charge in [-0.3, -0.25) is 0 Å². The molecule has 0 aliphatic carbocycles. The van der Waals surface area contributed by atoms with Crippen LogP contribution in [-0.2, 0) is 4.74 Å². The molecule has 0 aliphatic heterocycles. The number of nitrogens with one attached hydrogen (secondary N) is 1. The van der Waals surface area contributed by atoms with E-state index in [1.807, 2.05) is 0 Å². The summed E-state index contributed by atoms with van der Waals surface area (Å²) in [4.78, 5) is 0. The summed E-state index contributed by atoms with van der Waals surface area (Å²) in [7, 11) is 0. The lowest BCUT2D eigenvalue weighted by molar-refractivity contribution is 0.144. The van der Waals surface area contributed by atoms with E-state index in [9.17, 15) is 0 Å². The Hall–Kier alpha value is -0.540. The minimum Gasteiger partial charge on any atom is -0.382 e. The normalized spacial score (nSPS) is 10.3. The van der Waals surface area contributed by atoms with Gasteiger partial charge in [-0.1, -0.05) is 19.1 Å². The Morgan fingerprint density at radius 3 is 2.87 bits per heavy atom. The summed E-state index contributed by atoms with van der Waals surface area (Å²) in [6, 6.07) is 6.20. The van der Waals surface area contributed by atoms with Gasteiger partial charge in [0, 0.05) is 23.3 Å². The van der Waals surface area contributed by atoms with E-state index in [1.165, 1.54) is 5.56 Å². The van der Waals surface area contributed by atoms with Crippen molar-refractivity contribution in [2.24, 2.45) is 0 Å². The first kappa shape index (κ1) is 12.5. The van der Waals surface area contributed by atoms with Gasteiger partial charge in [-0.2, -0.15) is 0 Å². The number of rotatable bonds is 6. The minimum absolute atomic E-state index is 0.758. The van der Waals surface area contributed by atoms with E-state index >= 15 is 0 Å². The molecule has 1 aromatic carbocycles. The first-order valence-electron chi connectivity index (χ1n) is 5.32. The van der Waals surface area contributed by atoms with Gasteiger partial charge in [0.05, 0.1) is 6.61 Å². The molecule has 1 N–H and O–H groups in total. The first-order chi connectivity index (χ1) is 7.25. The summed E-state index contributed by atoms with van der Waals surface area (Å²) in [6.07, 6.45) is 1.08. The third-order valence-corrected chi connectivity index (χ3v) is 3.15. The maximum absolute atomic E-state index is 5.40. The van der Waals surface area contributed by atoms with Crippen LogP contribution in [0.15, 0.2) is 22.7 Å². The second kappa shape index (κ2) is 6.85. The quantitative estimate of drug-likeness (QED) is 0.799. The van der Waals surface area contributed by atoms with Crippen LogP contribution in [0.2, 0.25) is 0 Å². The molecule has 84 valence electrons. The molecule has 0 aromatic heterocycles. The number of aryl methyl sites for hydroxylation is 1. The molecule has 0 amide bonds. The second-order valence-electron chi connectivity index (χ2n) is 3.48. The molecule has 0 aliphatic rings. The van der Waals surface area contributed by atoms with E-state index in [1.54, 1.807) is 0 Å². The molecular formula is C12H18BrNO. The molecule has 15 heavy (non-hydrogen) atoms. The second-order valence-corrected chi connectivity index (χ2v) is 4.27. The van der Waals surface area contributed by atoms with E-state index in [2.05, 4.69) is 53.3 Å². The van der Waals surface area contributed by atoms with Gasteiger partial charge in [0.25, 0.3) is 0 Å². The molecule has 1 rings (SSSR count). The Morgan fingerprint density at radius 2 is 2.13 bits per heavy atom. The third kappa shape index (κ3) is 4.22. The molecule has 0 heterocycles. The van der Waals surface area contributed by atoms with Crippen molar-refractivity contribution in [2.75, 3.05) is 25.1 Å². The minimum atomic E-state index is 0.758. The molecule has 2 nitrogen and oxygen atoms in total. The van der Waals surface area contributed by atoms with Crippen LogP contribution in [0.25, 0.3) is 0 Å². The van der Waals surface area contributed by atoms with E-state index < -0.39 is 0 Å². The smallest absolute Gasteiger partial charge is 0.0639 e. The number of hydrogen-bond acceptors (Lipinski definition) is 2. The van der Waals surface area contributed by atoms with Crippen molar-refractivity contribution in [3.05, 3.63) is 28.2 Å². The number of anilines is 1. The third-order valence-electron chi connectivity index (χ3n) is 2.10. The van der Waals surface area contributed by atoms with Gasteiger partial charge < -0.3 is 10.1 Å². The van der Waals surface area contributed by atoms with E-state index in [0.717, 1.165) is 36.3 Å². The molecule has 0 saturated carbocycles. The van der Waals surface area contributed by atoms with Gasteiger partial charge in [0.1, 0.15) is 0 Å². The van der Waals surface area contributed by atoms with Gasteiger partial charge in [-0.05, 0) is 40.9 Å². The van der Waals surface area contributed by atoms with Crippen LogP contribution in [0.3, 0.4) is 0 Å². The highest BCUT2D eigenvalue weighted by molar-refractivity contribution is 9.10. The van der Waals surface area contributed by atoms with Crippen molar-refractivity contribution in [3.63, 3.8) is 0 Å². The largest absolute Gasteiger partial charge is 0.382 e. The zero-order valence-corrected chi connectivity index (χ0v) is 10.9. The highest BCUT2D eigenvalue weighted by Gasteiger charge is 2.00. The fourth-order valence-electron chi connectivity index (χ4n) is 1.29. The number of benzene rings is 1. The molecule has 0 atom stereocenters. The molecule has 0 radical (unpaired) electrons. The Bertz CT molecular complexity index is 302. The van der Waals surface area contributed by atoms with Crippen LogP contribution in [0, 0.1) is 6.92 Å². The Morgan fingerprint density at radius 1 is 1.33 bits per heavy atom. The molecule has 0 bridgehead atoms. The standard InChI is InChI=1S/C12H18BrNO/c1-3-8-15-9-7-14-11-6-4-5-10(2)12(11)13/h4-6,14H,3,7-9H2,1-2H3. The average molecular weight is 272 g/mol. The van der Waals surface area contributed by atoms with Crippen LogP contribution in [0.5, 0.6) is 0 Å². The molecule has 0 unspecified atom stereocenters. The fraction of sp³-hybridized carbons (Fsp3) is 0.500. The molecule has 0 spiro atoms. The Kier molecular flexibility index (Phi) is 5.73. The van der Waals surface area contributed by atoms with Crippen LogP contribution in [-0.4, -0.2) is 19.8 Å². The van der Waals surface area contributed by atoms with Crippen LogP contribution < -0.4 is 5.32 Å². The van der Waals surface area contributed by atoms with Crippen molar-refractivity contribution in [2.45, 2.75) is 20.3 Å². The van der Waals surface area contributed by atoms with Crippen molar-refractivity contribution in [1.29, 1.82) is 0 Å². The van der Waals surface area contributed by atoms with E-state index in [4.69, 9.17) is 4.74 Å². The summed E-state index contributed by atoms with van der Waals surface area (Å²) in [5, 5.41) is 3.34. The lowest BCUT2D eigenvalue weighted by Crippen LogP contribution is -2.10. The van der Waals surface area contributed by atoms with Gasteiger partial charge >= 0.3 is 0 Å². The molecule has 0 fully saturated rings. The number of halogens is 1. The maximum Gasteiger partial charge on any atom is 0.0639 e. The van der Waals surface area contributed by atoms with Gasteiger partial charge in [-0.15, -0.1) is 0 Å². The van der Waals surface area contributed by atoms with Crippen molar-refractivity contribution < 1.29 is 4.74 Å². The number of hydrogen-bond donors (Lipinski definition) is 1. The van der Waals surface area contributed by atoms with Crippen molar-refractivity contribution >= 4 is 21.6 Å². The van der Waals surface area contributed by atoms with Gasteiger partial charge in [-0.25, -0.2) is 0 Å². The highest BCUT2D eigenvalue weighted by atomic mass is 79.9. The van der Waals surface area contributed by atoms with Gasteiger partial charge in [0.2, 0.25) is 0 Å². The Balaban J connectivity index is 2.34. The lowest BCUT2D eigenvalue weighted by Gasteiger charge is -2.10. The zero-order valence-electron chi connectivity index (χ0n) is 9.35. The highest BCUT2D eigenvalue weighted by Crippen LogP contribution is 2.25. The first-order valence-corrected chi connectivity index (χ1v) is 6.11. The summed E-state index contributed by atoms with van der Waals surface area (Å²) in [5.74, 6) is 0. The monoisotopic (exact) mass is 271 g/mol. The summed E-state index contributed by atoms with van der Waals surface area (Å²) < 4.78 is 6.54. The maximum atomic E-state index is 5.40. The molecule has 3 heteroatoms. The van der Waals surface area contributed by atoms with E-state index in [-0.39, 0.29) is 0 Å². The molecule has 1 aromatic rings. The summed E-state index contributed by atoms with van der Waals surface area (Å²) >= 11 is 3.56. The SMILES string of the molecule is CCCOCCNc1cccc(C)c1Br. The predicted molar refractivity (Wildman–Crippen MR) is 68.5 cm³/mol.